The summed E-state index contributed by atoms with van der Waals surface area (Å²) in [5.74, 6) is 0.258. The minimum atomic E-state index is -3.87. The number of rotatable bonds is 4. The van der Waals surface area contributed by atoms with Crippen LogP contribution in [0.3, 0.4) is 0 Å². The number of fused-ring (bicyclic) bond motifs is 1. The molecule has 1 heterocycles. The zero-order valence-electron chi connectivity index (χ0n) is 19.2. The number of ether oxygens (including phenoxy) is 2. The van der Waals surface area contributed by atoms with Gasteiger partial charge in [-0.3, -0.25) is 9.52 Å². The summed E-state index contributed by atoms with van der Waals surface area (Å²) in [5, 5.41) is 3.74. The number of benzene rings is 2. The van der Waals surface area contributed by atoms with Crippen molar-refractivity contribution in [3.8, 4) is 5.75 Å². The minimum Gasteiger partial charge on any atom is -0.491 e. The second kappa shape index (κ2) is 10.7. The molecule has 0 radical (unpaired) electrons. The molecular formula is C23H30ClN3O5S. The molecular weight excluding hydrogens is 466 g/mol. The average Bonchev–Trinajstić information content (AvgIpc) is 2.78. The Morgan fingerprint density at radius 1 is 1.21 bits per heavy atom. The van der Waals surface area contributed by atoms with Gasteiger partial charge in [-0.2, -0.15) is 0 Å². The van der Waals surface area contributed by atoms with E-state index in [9.17, 15) is 13.2 Å². The number of likely N-dealkylation sites (N-methyl/N-ethyl adjacent to an activating group) is 1. The fraction of sp³-hybridized carbons (Fsp3) is 0.435. The lowest BCUT2D eigenvalue weighted by atomic mass is 10.0. The third-order valence-corrected chi connectivity index (χ3v) is 7.20. The van der Waals surface area contributed by atoms with E-state index in [-0.39, 0.29) is 34.6 Å². The fourth-order valence-electron chi connectivity index (χ4n) is 3.57. The van der Waals surface area contributed by atoms with Gasteiger partial charge in [0.15, 0.2) is 0 Å². The second-order valence-electron chi connectivity index (χ2n) is 8.33. The first-order valence-corrected chi connectivity index (χ1v) is 12.5. The van der Waals surface area contributed by atoms with E-state index in [0.717, 1.165) is 0 Å². The van der Waals surface area contributed by atoms with E-state index >= 15 is 0 Å². The van der Waals surface area contributed by atoms with Crippen LogP contribution < -0.4 is 14.8 Å². The van der Waals surface area contributed by atoms with Crippen LogP contribution in [0.15, 0.2) is 47.4 Å². The SMILES string of the molecule is CO[C@H]1CN(C)C(=O)c2ccc(NS(=O)(=O)c3cccc(Cl)c3)cc2OC[C@H](C)NC[C@H]1C. The van der Waals surface area contributed by atoms with Gasteiger partial charge in [0.05, 0.1) is 22.3 Å². The lowest BCUT2D eigenvalue weighted by Crippen LogP contribution is -2.44. The predicted molar refractivity (Wildman–Crippen MR) is 129 cm³/mol. The van der Waals surface area contributed by atoms with Gasteiger partial charge in [0.25, 0.3) is 15.9 Å². The Morgan fingerprint density at radius 2 is 1.97 bits per heavy atom. The largest absolute Gasteiger partial charge is 0.491 e. The van der Waals surface area contributed by atoms with E-state index in [4.69, 9.17) is 21.1 Å². The molecule has 2 aromatic rings. The molecule has 0 fully saturated rings. The summed E-state index contributed by atoms with van der Waals surface area (Å²) < 4.78 is 39.7. The molecule has 1 aliphatic rings. The topological polar surface area (TPSA) is 97.0 Å². The Kier molecular flexibility index (Phi) is 8.23. The number of sulfonamides is 1. The number of nitrogens with zero attached hydrogens (tertiary/aromatic N) is 1. The van der Waals surface area contributed by atoms with Crippen molar-refractivity contribution in [2.45, 2.75) is 30.9 Å². The van der Waals surface area contributed by atoms with Gasteiger partial charge in [-0.1, -0.05) is 24.6 Å². The molecule has 180 valence electrons. The van der Waals surface area contributed by atoms with Gasteiger partial charge in [-0.05, 0) is 43.2 Å². The summed E-state index contributed by atoms with van der Waals surface area (Å²) >= 11 is 5.94. The normalized spacial score (nSPS) is 22.5. The summed E-state index contributed by atoms with van der Waals surface area (Å²) in [6, 6.07) is 10.6. The number of amides is 1. The second-order valence-corrected chi connectivity index (χ2v) is 10.5. The first-order chi connectivity index (χ1) is 15.6. The number of anilines is 1. The molecule has 0 aromatic heterocycles. The fourth-order valence-corrected chi connectivity index (χ4v) is 4.92. The van der Waals surface area contributed by atoms with Crippen LogP contribution >= 0.6 is 11.6 Å². The highest BCUT2D eigenvalue weighted by molar-refractivity contribution is 7.92. The molecule has 0 saturated heterocycles. The van der Waals surface area contributed by atoms with Crippen LogP contribution in [0.1, 0.15) is 24.2 Å². The number of carbonyl (C=O) groups excluding carboxylic acids is 1. The van der Waals surface area contributed by atoms with Crippen molar-refractivity contribution in [2.24, 2.45) is 5.92 Å². The highest BCUT2D eigenvalue weighted by atomic mass is 35.5. The molecule has 0 spiro atoms. The maximum Gasteiger partial charge on any atom is 0.261 e. The van der Waals surface area contributed by atoms with Gasteiger partial charge >= 0.3 is 0 Å². The molecule has 1 amide bonds. The summed E-state index contributed by atoms with van der Waals surface area (Å²) in [6.45, 7) is 5.48. The van der Waals surface area contributed by atoms with Crippen LogP contribution in [-0.2, 0) is 14.8 Å². The van der Waals surface area contributed by atoms with Gasteiger partial charge in [-0.25, -0.2) is 8.42 Å². The van der Waals surface area contributed by atoms with Crippen LogP contribution in [0.2, 0.25) is 5.02 Å². The number of methoxy groups -OCH3 is 1. The summed E-state index contributed by atoms with van der Waals surface area (Å²) in [7, 11) is -0.515. The van der Waals surface area contributed by atoms with Crippen LogP contribution in [-0.4, -0.2) is 65.2 Å². The molecule has 0 aliphatic carbocycles. The smallest absolute Gasteiger partial charge is 0.261 e. The van der Waals surface area contributed by atoms with Crippen molar-refractivity contribution in [1.29, 1.82) is 0 Å². The molecule has 1 aliphatic heterocycles. The van der Waals surface area contributed by atoms with E-state index in [2.05, 4.69) is 17.0 Å². The van der Waals surface area contributed by atoms with Gasteiger partial charge < -0.3 is 19.7 Å². The highest BCUT2D eigenvalue weighted by Crippen LogP contribution is 2.28. The lowest BCUT2D eigenvalue weighted by Gasteiger charge is -2.30. The van der Waals surface area contributed by atoms with Gasteiger partial charge in [-0.15, -0.1) is 0 Å². The molecule has 33 heavy (non-hydrogen) atoms. The number of hydrogen-bond acceptors (Lipinski definition) is 6. The molecule has 3 atom stereocenters. The zero-order valence-corrected chi connectivity index (χ0v) is 20.7. The first kappa shape index (κ1) is 25.3. The molecule has 2 aromatic carbocycles. The van der Waals surface area contributed by atoms with Crippen molar-refractivity contribution >= 4 is 33.2 Å². The monoisotopic (exact) mass is 495 g/mol. The number of hydrogen-bond donors (Lipinski definition) is 2. The molecule has 3 rings (SSSR count). The molecule has 2 N–H and O–H groups in total. The van der Waals surface area contributed by atoms with Crippen molar-refractivity contribution in [1.82, 2.24) is 10.2 Å². The van der Waals surface area contributed by atoms with E-state index in [1.165, 1.54) is 18.2 Å². The Balaban J connectivity index is 1.92. The summed E-state index contributed by atoms with van der Waals surface area (Å²) in [6.07, 6.45) is -0.133. The number of carbonyl (C=O) groups is 1. The van der Waals surface area contributed by atoms with E-state index in [1.807, 2.05) is 6.92 Å². The maximum absolute atomic E-state index is 13.2. The Morgan fingerprint density at radius 3 is 2.67 bits per heavy atom. The minimum absolute atomic E-state index is 0.0110. The van der Waals surface area contributed by atoms with E-state index in [0.29, 0.717) is 36.0 Å². The van der Waals surface area contributed by atoms with Crippen molar-refractivity contribution in [2.75, 3.05) is 38.6 Å². The molecule has 10 heteroatoms. The van der Waals surface area contributed by atoms with Crippen molar-refractivity contribution in [3.05, 3.63) is 53.1 Å². The Hall–Kier alpha value is -2.33. The van der Waals surface area contributed by atoms with E-state index < -0.39 is 10.0 Å². The zero-order chi connectivity index (χ0) is 24.2. The highest BCUT2D eigenvalue weighted by Gasteiger charge is 2.26. The van der Waals surface area contributed by atoms with Crippen LogP contribution in [0, 0.1) is 5.92 Å². The lowest BCUT2D eigenvalue weighted by molar-refractivity contribution is 0.0281. The molecule has 0 unspecified atom stereocenters. The van der Waals surface area contributed by atoms with Crippen molar-refractivity contribution < 1.29 is 22.7 Å². The van der Waals surface area contributed by atoms with E-state index in [1.54, 1.807) is 43.3 Å². The predicted octanol–water partition coefficient (Wildman–Crippen LogP) is 3.23. The van der Waals surface area contributed by atoms with Crippen LogP contribution in [0.25, 0.3) is 0 Å². The third-order valence-electron chi connectivity index (χ3n) is 5.59. The standard InChI is InChI=1S/C23H30ClN3O5S/c1-15-12-25-16(2)14-32-21-11-18(26-33(29,30)19-7-5-6-17(24)10-19)8-9-20(21)23(28)27(3)13-22(15)31-4/h5-11,15-16,22,25-26H,12-14H2,1-4H3/t15-,16+,22+/m1/s1. The Bertz CT molecular complexity index is 1100. The molecule has 0 saturated carbocycles. The molecule has 0 bridgehead atoms. The van der Waals surface area contributed by atoms with Crippen molar-refractivity contribution in [3.63, 3.8) is 0 Å². The number of nitrogens with one attached hydrogen (secondary N) is 2. The maximum atomic E-state index is 13.2. The first-order valence-electron chi connectivity index (χ1n) is 10.7. The van der Waals surface area contributed by atoms with Crippen LogP contribution in [0.4, 0.5) is 5.69 Å². The quantitative estimate of drug-likeness (QED) is 0.676. The van der Waals surface area contributed by atoms with Gasteiger partial charge in [0, 0.05) is 44.4 Å². The summed E-state index contributed by atoms with van der Waals surface area (Å²) in [4.78, 5) is 14.8. The molecule has 8 nitrogen and oxygen atoms in total. The summed E-state index contributed by atoms with van der Waals surface area (Å²) in [5.41, 5.74) is 0.624. The van der Waals surface area contributed by atoms with Crippen LogP contribution in [0.5, 0.6) is 5.75 Å². The third kappa shape index (κ3) is 6.38. The van der Waals surface area contributed by atoms with Gasteiger partial charge in [0.1, 0.15) is 12.4 Å². The van der Waals surface area contributed by atoms with Gasteiger partial charge in [0.2, 0.25) is 0 Å². The average molecular weight is 496 g/mol. The number of halogens is 1. The Labute approximate surface area is 200 Å².